The molecule has 0 saturated carbocycles. The summed E-state index contributed by atoms with van der Waals surface area (Å²) >= 11 is 1.38. The van der Waals surface area contributed by atoms with Crippen molar-refractivity contribution in [1.82, 2.24) is 14.7 Å². The lowest BCUT2D eigenvalue weighted by molar-refractivity contribution is -0.116. The molecule has 0 bridgehead atoms. The highest BCUT2D eigenvalue weighted by atomic mass is 32.1. The van der Waals surface area contributed by atoms with E-state index in [1.54, 1.807) is 13.1 Å². The number of benzene rings is 1. The number of likely N-dealkylation sites (N-methyl/N-ethyl adjacent to an activating group) is 1. The largest absolute Gasteiger partial charge is 0.332 e. The molecule has 0 unspecified atom stereocenters. The molecule has 28 heavy (non-hydrogen) atoms. The maximum Gasteiger partial charge on any atom is 0.264 e. The van der Waals surface area contributed by atoms with Crippen LogP contribution in [0.4, 0.5) is 10.1 Å². The summed E-state index contributed by atoms with van der Waals surface area (Å²) in [6.07, 6.45) is 0. The van der Waals surface area contributed by atoms with Gasteiger partial charge in [-0.15, -0.1) is 11.3 Å². The van der Waals surface area contributed by atoms with Crippen molar-refractivity contribution in [1.29, 1.82) is 0 Å². The van der Waals surface area contributed by atoms with Gasteiger partial charge in [-0.25, -0.2) is 4.39 Å². The second-order valence-corrected chi connectivity index (χ2v) is 8.24. The maximum absolute atomic E-state index is 13.2. The van der Waals surface area contributed by atoms with Crippen molar-refractivity contribution in [3.63, 3.8) is 0 Å². The van der Waals surface area contributed by atoms with Crippen LogP contribution in [0.15, 0.2) is 30.3 Å². The van der Waals surface area contributed by atoms with Crippen molar-refractivity contribution in [2.45, 2.75) is 27.3 Å². The lowest BCUT2D eigenvalue weighted by Crippen LogP contribution is -2.34. The number of carbonyl (C=O) groups is 2. The predicted octanol–water partition coefficient (Wildman–Crippen LogP) is 3.91. The van der Waals surface area contributed by atoms with Gasteiger partial charge < -0.3 is 10.2 Å². The molecule has 8 heteroatoms. The average Bonchev–Trinajstić information content (AvgIpc) is 3.15. The zero-order valence-corrected chi connectivity index (χ0v) is 17.1. The molecule has 148 valence electrons. The first kappa shape index (κ1) is 20.0. The molecule has 0 fully saturated rings. The zero-order chi connectivity index (χ0) is 20.4. The zero-order valence-electron chi connectivity index (χ0n) is 16.3. The van der Waals surface area contributed by atoms with Crippen molar-refractivity contribution >= 4 is 39.1 Å². The molecule has 0 saturated heterocycles. The van der Waals surface area contributed by atoms with Crippen molar-refractivity contribution in [2.75, 3.05) is 18.9 Å². The fourth-order valence-electron chi connectivity index (χ4n) is 2.93. The molecule has 0 radical (unpaired) electrons. The molecule has 0 aliphatic carbocycles. The lowest BCUT2D eigenvalue weighted by atomic mass is 10.2. The highest BCUT2D eigenvalue weighted by molar-refractivity contribution is 7.20. The summed E-state index contributed by atoms with van der Waals surface area (Å²) in [6.45, 7) is 6.82. The van der Waals surface area contributed by atoms with E-state index < -0.39 is 5.82 Å². The number of halogens is 1. The molecular weight excluding hydrogens is 379 g/mol. The number of aromatic nitrogens is 2. The third-order valence-corrected chi connectivity index (χ3v) is 5.33. The van der Waals surface area contributed by atoms with Gasteiger partial charge in [0, 0.05) is 24.7 Å². The molecule has 1 N–H and O–H groups in total. The van der Waals surface area contributed by atoms with Crippen molar-refractivity contribution in [2.24, 2.45) is 5.92 Å². The number of carbonyl (C=O) groups excluding carboxylic acids is 2. The topological polar surface area (TPSA) is 67.2 Å². The van der Waals surface area contributed by atoms with Gasteiger partial charge in [0.2, 0.25) is 5.91 Å². The average molecular weight is 402 g/mol. The van der Waals surface area contributed by atoms with E-state index in [2.05, 4.69) is 24.3 Å². The van der Waals surface area contributed by atoms with Crippen LogP contribution in [0.25, 0.3) is 10.2 Å². The Hall–Kier alpha value is -2.74. The minimum absolute atomic E-state index is 0.124. The van der Waals surface area contributed by atoms with Gasteiger partial charge in [-0.2, -0.15) is 5.10 Å². The van der Waals surface area contributed by atoms with Crippen LogP contribution >= 0.6 is 11.3 Å². The van der Waals surface area contributed by atoms with Crippen LogP contribution in [0.2, 0.25) is 0 Å². The van der Waals surface area contributed by atoms with Crippen LogP contribution in [0.5, 0.6) is 0 Å². The summed E-state index contributed by atoms with van der Waals surface area (Å²) in [5.41, 5.74) is 1.24. The highest BCUT2D eigenvalue weighted by Gasteiger charge is 2.20. The molecule has 0 aliphatic heterocycles. The van der Waals surface area contributed by atoms with Crippen molar-refractivity contribution in [3.05, 3.63) is 46.7 Å². The fraction of sp³-hybridized carbons (Fsp3) is 0.350. The van der Waals surface area contributed by atoms with E-state index >= 15 is 0 Å². The SMILES string of the molecule is Cc1nn(CC(C)C)c2sc(C(=O)N(C)CC(=O)Nc3cccc(F)c3)cc12. The second-order valence-electron chi connectivity index (χ2n) is 7.21. The first-order valence-electron chi connectivity index (χ1n) is 9.02. The van der Waals surface area contributed by atoms with Crippen LogP contribution in [-0.2, 0) is 11.3 Å². The van der Waals surface area contributed by atoms with Crippen molar-refractivity contribution < 1.29 is 14.0 Å². The molecule has 6 nitrogen and oxygen atoms in total. The minimum Gasteiger partial charge on any atom is -0.332 e. The molecule has 2 amide bonds. The number of nitrogens with one attached hydrogen (secondary N) is 1. The second kappa shape index (κ2) is 8.10. The van der Waals surface area contributed by atoms with E-state index in [1.165, 1.54) is 34.4 Å². The number of aryl methyl sites for hydroxylation is 1. The van der Waals surface area contributed by atoms with Crippen LogP contribution in [0, 0.1) is 18.7 Å². The summed E-state index contributed by atoms with van der Waals surface area (Å²) in [5.74, 6) is -0.605. The number of fused-ring (bicyclic) bond motifs is 1. The van der Waals surface area contributed by atoms with Gasteiger partial charge in [0.25, 0.3) is 5.91 Å². The molecule has 3 rings (SSSR count). The molecule has 0 atom stereocenters. The lowest BCUT2D eigenvalue weighted by Gasteiger charge is -2.16. The first-order valence-corrected chi connectivity index (χ1v) is 9.84. The summed E-state index contributed by atoms with van der Waals surface area (Å²) < 4.78 is 15.2. The van der Waals surface area contributed by atoms with E-state index in [9.17, 15) is 14.0 Å². The van der Waals surface area contributed by atoms with Gasteiger partial charge in [0.1, 0.15) is 10.6 Å². The Morgan fingerprint density at radius 1 is 1.32 bits per heavy atom. The van der Waals surface area contributed by atoms with Gasteiger partial charge in [-0.05, 0) is 37.1 Å². The predicted molar refractivity (Wildman–Crippen MR) is 109 cm³/mol. The number of amides is 2. The monoisotopic (exact) mass is 402 g/mol. The Morgan fingerprint density at radius 3 is 2.75 bits per heavy atom. The van der Waals surface area contributed by atoms with Gasteiger partial charge >= 0.3 is 0 Å². The highest BCUT2D eigenvalue weighted by Crippen LogP contribution is 2.29. The molecule has 1 aromatic carbocycles. The number of hydrogen-bond acceptors (Lipinski definition) is 4. The summed E-state index contributed by atoms with van der Waals surface area (Å²) in [6, 6.07) is 7.48. The third kappa shape index (κ3) is 4.39. The Balaban J connectivity index is 1.71. The normalized spacial score (nSPS) is 11.2. The minimum atomic E-state index is -0.432. The molecular formula is C20H23FN4O2S. The van der Waals surface area contributed by atoms with Crippen LogP contribution in [0.3, 0.4) is 0 Å². The van der Waals surface area contributed by atoms with Crippen molar-refractivity contribution in [3.8, 4) is 0 Å². The van der Waals surface area contributed by atoms with Gasteiger partial charge in [0.05, 0.1) is 17.1 Å². The number of anilines is 1. The van der Waals surface area contributed by atoms with Crippen LogP contribution in [0.1, 0.15) is 29.2 Å². The third-order valence-electron chi connectivity index (χ3n) is 4.19. The van der Waals surface area contributed by atoms with E-state index in [-0.39, 0.29) is 18.4 Å². The molecule has 2 aromatic heterocycles. The summed E-state index contributed by atoms with van der Waals surface area (Å²) in [4.78, 5) is 27.8. The molecule has 0 aliphatic rings. The van der Waals surface area contributed by atoms with E-state index in [4.69, 9.17) is 0 Å². The number of rotatable bonds is 6. The van der Waals surface area contributed by atoms with E-state index in [1.807, 2.05) is 17.7 Å². The summed E-state index contributed by atoms with van der Waals surface area (Å²) in [7, 11) is 1.57. The van der Waals surface area contributed by atoms with Gasteiger partial charge in [0.15, 0.2) is 0 Å². The van der Waals surface area contributed by atoms with Gasteiger partial charge in [-0.1, -0.05) is 19.9 Å². The summed E-state index contributed by atoms with van der Waals surface area (Å²) in [5, 5.41) is 8.11. The fourth-order valence-corrected chi connectivity index (χ4v) is 4.10. The Bertz CT molecular complexity index is 1020. The number of thiophene rings is 1. The quantitative estimate of drug-likeness (QED) is 0.680. The number of hydrogen-bond donors (Lipinski definition) is 1. The Kier molecular flexibility index (Phi) is 5.79. The Morgan fingerprint density at radius 2 is 2.07 bits per heavy atom. The molecule has 3 aromatic rings. The standard InChI is InChI=1S/C20H23FN4O2S/c1-12(2)10-25-20-16(13(3)23-25)9-17(28-20)19(27)24(4)11-18(26)22-15-7-5-6-14(21)8-15/h5-9,12H,10-11H2,1-4H3,(H,22,26). The van der Waals surface area contributed by atoms with Crippen LogP contribution < -0.4 is 5.32 Å². The van der Waals surface area contributed by atoms with Crippen LogP contribution in [-0.4, -0.2) is 40.1 Å². The smallest absolute Gasteiger partial charge is 0.264 e. The molecule has 2 heterocycles. The first-order chi connectivity index (χ1) is 13.2. The van der Waals surface area contributed by atoms with E-state index in [0.717, 1.165) is 22.5 Å². The maximum atomic E-state index is 13.2. The van der Waals surface area contributed by atoms with Gasteiger partial charge in [-0.3, -0.25) is 14.3 Å². The number of nitrogens with zero attached hydrogens (tertiary/aromatic N) is 3. The van der Waals surface area contributed by atoms with E-state index in [0.29, 0.717) is 16.5 Å². The molecule has 0 spiro atoms. The Labute approximate surface area is 167 Å².